The Balaban J connectivity index is 1.33. The van der Waals surface area contributed by atoms with Crippen LogP contribution in [-0.2, 0) is 11.2 Å². The molecule has 150 valence electrons. The van der Waals surface area contributed by atoms with Crippen molar-refractivity contribution in [2.75, 3.05) is 39.3 Å². The number of ether oxygens (including phenoxy) is 1. The smallest absolute Gasteiger partial charge is 0.317 e. The summed E-state index contributed by atoms with van der Waals surface area (Å²) in [6.07, 6.45) is 4.62. The number of nitrogens with one attached hydrogen (secondary N) is 1. The first-order valence-corrected chi connectivity index (χ1v) is 10.4. The van der Waals surface area contributed by atoms with Gasteiger partial charge in [-0.3, -0.25) is 4.90 Å². The van der Waals surface area contributed by atoms with E-state index in [9.17, 15) is 4.79 Å². The van der Waals surface area contributed by atoms with Crippen LogP contribution in [0.4, 0.5) is 4.79 Å². The Labute approximate surface area is 162 Å². The Morgan fingerprint density at radius 2 is 2.07 bits per heavy atom. The first-order chi connectivity index (χ1) is 12.9. The van der Waals surface area contributed by atoms with E-state index in [2.05, 4.69) is 30.1 Å². The topological polar surface area (TPSA) is 58.0 Å². The van der Waals surface area contributed by atoms with Crippen LogP contribution in [0.25, 0.3) is 0 Å². The molecule has 0 aromatic carbocycles. The Hall–Kier alpha value is -1.53. The highest BCUT2D eigenvalue weighted by Gasteiger charge is 2.36. The lowest BCUT2D eigenvalue weighted by Crippen LogP contribution is -2.53. The van der Waals surface area contributed by atoms with Crippen molar-refractivity contribution < 1.29 is 13.9 Å². The van der Waals surface area contributed by atoms with Crippen LogP contribution in [0.3, 0.4) is 0 Å². The zero-order valence-corrected chi connectivity index (χ0v) is 16.9. The summed E-state index contributed by atoms with van der Waals surface area (Å²) in [6, 6.07) is 2.19. The second-order valence-corrected chi connectivity index (χ2v) is 9.21. The van der Waals surface area contributed by atoms with E-state index in [4.69, 9.17) is 9.15 Å². The third-order valence-electron chi connectivity index (χ3n) is 6.18. The molecule has 0 radical (unpaired) electrons. The SMILES string of the molecule is Cc1cc2c(o1)CC(C)(C)CC2NC(=O)N1CCN(CC2CCCO2)CC1. The van der Waals surface area contributed by atoms with E-state index in [1.165, 1.54) is 12.8 Å². The van der Waals surface area contributed by atoms with E-state index < -0.39 is 0 Å². The molecule has 0 saturated carbocycles. The van der Waals surface area contributed by atoms with Gasteiger partial charge in [0.1, 0.15) is 11.5 Å². The minimum absolute atomic E-state index is 0.0404. The second kappa shape index (κ2) is 7.47. The molecule has 1 aliphatic carbocycles. The average molecular weight is 376 g/mol. The summed E-state index contributed by atoms with van der Waals surface area (Å²) in [7, 11) is 0. The predicted molar refractivity (Wildman–Crippen MR) is 104 cm³/mol. The molecule has 1 N–H and O–H groups in total. The molecule has 6 heteroatoms. The molecule has 3 aliphatic rings. The summed E-state index contributed by atoms with van der Waals surface area (Å²) in [5.41, 5.74) is 1.30. The second-order valence-electron chi connectivity index (χ2n) is 9.21. The van der Waals surface area contributed by atoms with Crippen LogP contribution >= 0.6 is 0 Å². The number of amides is 2. The molecule has 1 aromatic rings. The van der Waals surface area contributed by atoms with Gasteiger partial charge in [-0.25, -0.2) is 4.79 Å². The van der Waals surface area contributed by atoms with Crippen LogP contribution in [0.1, 0.15) is 56.2 Å². The molecule has 27 heavy (non-hydrogen) atoms. The van der Waals surface area contributed by atoms with Crippen LogP contribution in [0.5, 0.6) is 0 Å². The van der Waals surface area contributed by atoms with Crippen LogP contribution in [0.2, 0.25) is 0 Å². The highest BCUT2D eigenvalue weighted by atomic mass is 16.5. The van der Waals surface area contributed by atoms with Crippen LogP contribution < -0.4 is 5.32 Å². The molecular formula is C21H33N3O3. The molecule has 2 atom stereocenters. The largest absolute Gasteiger partial charge is 0.466 e. The predicted octanol–water partition coefficient (Wildman–Crippen LogP) is 3.11. The van der Waals surface area contributed by atoms with Gasteiger partial charge in [0, 0.05) is 51.3 Å². The lowest BCUT2D eigenvalue weighted by Gasteiger charge is -2.38. The minimum atomic E-state index is 0.0404. The fourth-order valence-corrected chi connectivity index (χ4v) is 4.76. The number of hydrogen-bond donors (Lipinski definition) is 1. The molecule has 3 heterocycles. The molecule has 2 fully saturated rings. The summed E-state index contributed by atoms with van der Waals surface area (Å²) in [5.74, 6) is 1.97. The number of piperazine rings is 1. The number of hydrogen-bond acceptors (Lipinski definition) is 4. The number of aryl methyl sites for hydroxylation is 1. The van der Waals surface area contributed by atoms with Gasteiger partial charge in [0.15, 0.2) is 0 Å². The van der Waals surface area contributed by atoms with Crippen molar-refractivity contribution >= 4 is 6.03 Å². The zero-order chi connectivity index (χ0) is 19.0. The summed E-state index contributed by atoms with van der Waals surface area (Å²) in [6.45, 7) is 11.8. The highest BCUT2D eigenvalue weighted by Crippen LogP contribution is 2.42. The van der Waals surface area contributed by atoms with E-state index in [-0.39, 0.29) is 17.5 Å². The number of carbonyl (C=O) groups is 1. The monoisotopic (exact) mass is 375 g/mol. The van der Waals surface area contributed by atoms with Gasteiger partial charge in [0.05, 0.1) is 12.1 Å². The van der Waals surface area contributed by atoms with Gasteiger partial charge in [-0.15, -0.1) is 0 Å². The Morgan fingerprint density at radius 3 is 2.78 bits per heavy atom. The zero-order valence-electron chi connectivity index (χ0n) is 16.9. The molecule has 1 aromatic heterocycles. The van der Waals surface area contributed by atoms with Crippen molar-refractivity contribution in [1.82, 2.24) is 15.1 Å². The fourth-order valence-electron chi connectivity index (χ4n) is 4.76. The van der Waals surface area contributed by atoms with Crippen LogP contribution in [-0.4, -0.2) is 61.3 Å². The quantitative estimate of drug-likeness (QED) is 0.882. The van der Waals surface area contributed by atoms with E-state index in [1.54, 1.807) is 0 Å². The van der Waals surface area contributed by atoms with Gasteiger partial charge >= 0.3 is 6.03 Å². The van der Waals surface area contributed by atoms with Crippen LogP contribution in [0, 0.1) is 12.3 Å². The summed E-state index contributed by atoms with van der Waals surface area (Å²) in [5, 5.41) is 3.29. The van der Waals surface area contributed by atoms with Crippen LogP contribution in [0.15, 0.2) is 10.5 Å². The fraction of sp³-hybridized carbons (Fsp3) is 0.762. The number of nitrogens with zero attached hydrogens (tertiary/aromatic N) is 2. The number of rotatable bonds is 3. The van der Waals surface area contributed by atoms with Gasteiger partial charge in [0.25, 0.3) is 0 Å². The lowest BCUT2D eigenvalue weighted by atomic mass is 9.75. The number of carbonyl (C=O) groups excluding carboxylic acids is 1. The van der Waals surface area contributed by atoms with E-state index in [1.807, 2.05) is 11.8 Å². The molecule has 2 aliphatic heterocycles. The third-order valence-corrected chi connectivity index (χ3v) is 6.18. The maximum absolute atomic E-state index is 12.9. The highest BCUT2D eigenvalue weighted by molar-refractivity contribution is 5.75. The number of fused-ring (bicyclic) bond motifs is 1. The third kappa shape index (κ3) is 4.32. The van der Waals surface area contributed by atoms with E-state index in [0.29, 0.717) is 6.10 Å². The van der Waals surface area contributed by atoms with E-state index >= 15 is 0 Å². The molecule has 2 amide bonds. The van der Waals surface area contributed by atoms with Gasteiger partial charge in [0.2, 0.25) is 0 Å². The van der Waals surface area contributed by atoms with Crippen molar-refractivity contribution in [2.45, 2.75) is 58.6 Å². The van der Waals surface area contributed by atoms with Crippen molar-refractivity contribution in [3.8, 4) is 0 Å². The Bertz CT molecular complexity index is 670. The molecule has 0 bridgehead atoms. The van der Waals surface area contributed by atoms with Crippen molar-refractivity contribution in [3.63, 3.8) is 0 Å². The first kappa shape index (κ1) is 18.8. The summed E-state index contributed by atoms with van der Waals surface area (Å²) >= 11 is 0. The molecule has 4 rings (SSSR count). The molecule has 0 spiro atoms. The van der Waals surface area contributed by atoms with Gasteiger partial charge in [-0.1, -0.05) is 13.8 Å². The number of furan rings is 1. The Morgan fingerprint density at radius 1 is 1.30 bits per heavy atom. The standard InChI is InChI=1S/C21H33N3O3/c1-15-11-17-18(12-21(2,3)13-19(17)27-15)22-20(25)24-8-6-23(7-9-24)14-16-5-4-10-26-16/h11,16,18H,4-10,12-14H2,1-3H3,(H,22,25). The lowest BCUT2D eigenvalue weighted by molar-refractivity contribution is 0.0556. The molecule has 2 saturated heterocycles. The number of urea groups is 1. The normalized spacial score (nSPS) is 28.2. The van der Waals surface area contributed by atoms with Crippen molar-refractivity contribution in [1.29, 1.82) is 0 Å². The summed E-state index contributed by atoms with van der Waals surface area (Å²) in [4.78, 5) is 17.3. The first-order valence-electron chi connectivity index (χ1n) is 10.4. The minimum Gasteiger partial charge on any atom is -0.466 e. The van der Waals surface area contributed by atoms with Gasteiger partial charge in [-0.05, 0) is 37.7 Å². The van der Waals surface area contributed by atoms with E-state index in [0.717, 1.165) is 69.3 Å². The average Bonchev–Trinajstić information content (AvgIpc) is 3.23. The maximum atomic E-state index is 12.9. The van der Waals surface area contributed by atoms with Crippen molar-refractivity contribution in [3.05, 3.63) is 23.2 Å². The summed E-state index contributed by atoms with van der Waals surface area (Å²) < 4.78 is 11.6. The molecule has 6 nitrogen and oxygen atoms in total. The van der Waals surface area contributed by atoms with Gasteiger partial charge < -0.3 is 19.4 Å². The molecular weight excluding hydrogens is 342 g/mol. The maximum Gasteiger partial charge on any atom is 0.317 e. The van der Waals surface area contributed by atoms with Gasteiger partial charge in [-0.2, -0.15) is 0 Å². The van der Waals surface area contributed by atoms with Crippen molar-refractivity contribution in [2.24, 2.45) is 5.41 Å². The Kier molecular flexibility index (Phi) is 5.21. The molecule has 2 unspecified atom stereocenters.